The first kappa shape index (κ1) is 22.2. The van der Waals surface area contributed by atoms with E-state index in [4.69, 9.17) is 0 Å². The summed E-state index contributed by atoms with van der Waals surface area (Å²) in [5.41, 5.74) is 0.612. The molecule has 146 valence electrons. The Bertz CT molecular complexity index is 730. The minimum absolute atomic E-state index is 0.00129. The predicted molar refractivity (Wildman–Crippen MR) is 101 cm³/mol. The molecule has 1 rings (SSSR count). The second-order valence-corrected chi connectivity index (χ2v) is 10.5. The summed E-state index contributed by atoms with van der Waals surface area (Å²) in [5, 5.41) is 11.3. The van der Waals surface area contributed by atoms with Gasteiger partial charge >= 0.3 is 5.97 Å². The molecular weight excluding hydrogens is 354 g/mol. The molecule has 0 saturated heterocycles. The van der Waals surface area contributed by atoms with Gasteiger partial charge in [-0.15, -0.1) is 0 Å². The van der Waals surface area contributed by atoms with Crippen LogP contribution in [-0.2, 0) is 25.8 Å². The van der Waals surface area contributed by atoms with Crippen molar-refractivity contribution in [2.45, 2.75) is 70.1 Å². The zero-order valence-electron chi connectivity index (χ0n) is 16.1. The van der Waals surface area contributed by atoms with Crippen LogP contribution >= 0.6 is 0 Å². The number of sulfone groups is 1. The number of amides is 1. The molecule has 0 bridgehead atoms. The van der Waals surface area contributed by atoms with Crippen LogP contribution in [0.4, 0.5) is 0 Å². The Kier molecular flexibility index (Phi) is 7.38. The van der Waals surface area contributed by atoms with E-state index in [0.717, 1.165) is 0 Å². The average Bonchev–Trinajstić information content (AvgIpc) is 2.50. The SMILES string of the molecule is CC(C)S(=O)(=O)c1ccc(CC(=O)NC(CCC(C)(C)C)C(=O)O)cc1. The molecule has 0 saturated carbocycles. The second-order valence-electron chi connectivity index (χ2n) is 7.97. The van der Waals surface area contributed by atoms with Crippen LogP contribution in [0.5, 0.6) is 0 Å². The number of aliphatic carboxylic acids is 1. The average molecular weight is 384 g/mol. The van der Waals surface area contributed by atoms with Crippen molar-refractivity contribution in [3.8, 4) is 0 Å². The third-order valence-electron chi connectivity index (χ3n) is 4.05. The molecule has 7 heteroatoms. The van der Waals surface area contributed by atoms with Crippen molar-refractivity contribution < 1.29 is 23.1 Å². The lowest BCUT2D eigenvalue weighted by atomic mass is 9.88. The van der Waals surface area contributed by atoms with Crippen molar-refractivity contribution in [2.24, 2.45) is 5.41 Å². The smallest absolute Gasteiger partial charge is 0.326 e. The van der Waals surface area contributed by atoms with E-state index >= 15 is 0 Å². The topological polar surface area (TPSA) is 101 Å². The number of hydrogen-bond acceptors (Lipinski definition) is 4. The molecule has 1 amide bonds. The maximum atomic E-state index is 12.1. The van der Waals surface area contributed by atoms with Gasteiger partial charge in [-0.05, 0) is 49.8 Å². The zero-order chi connectivity index (χ0) is 20.1. The van der Waals surface area contributed by atoms with Gasteiger partial charge in [-0.1, -0.05) is 32.9 Å². The molecule has 0 radical (unpaired) electrons. The summed E-state index contributed by atoms with van der Waals surface area (Å²) in [5.74, 6) is -1.45. The highest BCUT2D eigenvalue weighted by Gasteiger charge is 2.23. The van der Waals surface area contributed by atoms with E-state index in [0.29, 0.717) is 18.4 Å². The molecule has 0 heterocycles. The summed E-state index contributed by atoms with van der Waals surface area (Å²) in [7, 11) is -3.35. The van der Waals surface area contributed by atoms with Crippen LogP contribution in [0.1, 0.15) is 53.0 Å². The van der Waals surface area contributed by atoms with E-state index in [9.17, 15) is 23.1 Å². The van der Waals surface area contributed by atoms with Crippen LogP contribution in [0.15, 0.2) is 29.2 Å². The van der Waals surface area contributed by atoms with Gasteiger partial charge in [0.1, 0.15) is 6.04 Å². The number of carbonyl (C=O) groups is 2. The van der Waals surface area contributed by atoms with E-state index < -0.39 is 33.0 Å². The van der Waals surface area contributed by atoms with Crippen LogP contribution in [0, 0.1) is 5.41 Å². The van der Waals surface area contributed by atoms with Crippen molar-refractivity contribution in [3.05, 3.63) is 29.8 Å². The van der Waals surface area contributed by atoms with Crippen LogP contribution in [0.2, 0.25) is 0 Å². The fraction of sp³-hybridized carbons (Fsp3) is 0.579. The minimum atomic E-state index is -3.35. The Morgan fingerprint density at radius 3 is 2.08 bits per heavy atom. The lowest BCUT2D eigenvalue weighted by Crippen LogP contribution is -2.42. The lowest BCUT2D eigenvalue weighted by molar-refractivity contribution is -0.142. The molecule has 0 aliphatic carbocycles. The molecule has 1 unspecified atom stereocenters. The summed E-state index contributed by atoms with van der Waals surface area (Å²) in [6.07, 6.45) is 1.03. The van der Waals surface area contributed by atoms with Crippen molar-refractivity contribution in [1.82, 2.24) is 5.32 Å². The van der Waals surface area contributed by atoms with Gasteiger partial charge in [-0.25, -0.2) is 13.2 Å². The lowest BCUT2D eigenvalue weighted by Gasteiger charge is -2.21. The summed E-state index contributed by atoms with van der Waals surface area (Å²) >= 11 is 0. The Labute approximate surface area is 155 Å². The molecule has 1 aromatic carbocycles. The van der Waals surface area contributed by atoms with Crippen LogP contribution in [-0.4, -0.2) is 36.7 Å². The van der Waals surface area contributed by atoms with Gasteiger partial charge in [0.25, 0.3) is 0 Å². The molecule has 1 atom stereocenters. The summed E-state index contributed by atoms with van der Waals surface area (Å²) in [6.45, 7) is 9.27. The molecule has 0 aliphatic rings. The normalized spacial score (nSPS) is 13.5. The second kappa shape index (κ2) is 8.66. The Hall–Kier alpha value is -1.89. The summed E-state index contributed by atoms with van der Waals surface area (Å²) in [6, 6.07) is 5.19. The summed E-state index contributed by atoms with van der Waals surface area (Å²) in [4.78, 5) is 23.7. The minimum Gasteiger partial charge on any atom is -0.480 e. The van der Waals surface area contributed by atoms with Gasteiger partial charge in [-0.3, -0.25) is 4.79 Å². The quantitative estimate of drug-likeness (QED) is 0.719. The zero-order valence-corrected chi connectivity index (χ0v) is 16.9. The maximum absolute atomic E-state index is 12.1. The van der Waals surface area contributed by atoms with Gasteiger partial charge in [0, 0.05) is 0 Å². The fourth-order valence-corrected chi connectivity index (χ4v) is 3.39. The monoisotopic (exact) mass is 383 g/mol. The van der Waals surface area contributed by atoms with Gasteiger partial charge in [0.2, 0.25) is 5.91 Å². The number of rotatable bonds is 8. The highest BCUT2D eigenvalue weighted by atomic mass is 32.2. The van der Waals surface area contributed by atoms with Crippen LogP contribution < -0.4 is 5.32 Å². The molecular formula is C19H29NO5S. The molecule has 2 N–H and O–H groups in total. The van der Waals surface area contributed by atoms with E-state index in [1.807, 2.05) is 20.8 Å². The first-order valence-electron chi connectivity index (χ1n) is 8.68. The number of nitrogens with one attached hydrogen (secondary N) is 1. The molecule has 1 aromatic rings. The van der Waals surface area contributed by atoms with E-state index in [1.54, 1.807) is 26.0 Å². The largest absolute Gasteiger partial charge is 0.480 e. The fourth-order valence-electron chi connectivity index (χ4n) is 2.33. The Morgan fingerprint density at radius 2 is 1.65 bits per heavy atom. The Balaban J connectivity index is 2.73. The molecule has 0 fully saturated rings. The molecule has 6 nitrogen and oxygen atoms in total. The van der Waals surface area contributed by atoms with E-state index in [1.165, 1.54) is 12.1 Å². The van der Waals surface area contributed by atoms with Gasteiger partial charge in [0.15, 0.2) is 9.84 Å². The molecule has 26 heavy (non-hydrogen) atoms. The Morgan fingerprint density at radius 1 is 1.12 bits per heavy atom. The first-order chi connectivity index (χ1) is 11.8. The summed E-state index contributed by atoms with van der Waals surface area (Å²) < 4.78 is 24.2. The number of carboxylic acid groups (broad SMARTS) is 1. The number of carbonyl (C=O) groups excluding carboxylic acids is 1. The highest BCUT2D eigenvalue weighted by Crippen LogP contribution is 2.22. The molecule has 0 spiro atoms. The number of carboxylic acids is 1. The molecule has 0 aromatic heterocycles. The van der Waals surface area contributed by atoms with Crippen molar-refractivity contribution in [2.75, 3.05) is 0 Å². The van der Waals surface area contributed by atoms with Gasteiger partial charge < -0.3 is 10.4 Å². The van der Waals surface area contributed by atoms with Crippen LogP contribution in [0.3, 0.4) is 0 Å². The standard InChI is InChI=1S/C19H29NO5S/c1-13(2)26(24,25)15-8-6-14(7-9-15)12-17(21)20-16(18(22)23)10-11-19(3,4)5/h6-9,13,16H,10-12H2,1-5H3,(H,20,21)(H,22,23). The third kappa shape index (κ3) is 6.78. The highest BCUT2D eigenvalue weighted by molar-refractivity contribution is 7.92. The van der Waals surface area contributed by atoms with E-state index in [-0.39, 0.29) is 16.7 Å². The predicted octanol–water partition coefficient (Wildman–Crippen LogP) is 2.81. The molecule has 0 aliphatic heterocycles. The van der Waals surface area contributed by atoms with Crippen molar-refractivity contribution >= 4 is 21.7 Å². The number of hydrogen-bond donors (Lipinski definition) is 2. The van der Waals surface area contributed by atoms with Gasteiger partial charge in [0.05, 0.1) is 16.6 Å². The van der Waals surface area contributed by atoms with Gasteiger partial charge in [-0.2, -0.15) is 0 Å². The number of benzene rings is 1. The van der Waals surface area contributed by atoms with Crippen molar-refractivity contribution in [3.63, 3.8) is 0 Å². The van der Waals surface area contributed by atoms with Crippen molar-refractivity contribution in [1.29, 1.82) is 0 Å². The van der Waals surface area contributed by atoms with Crippen LogP contribution in [0.25, 0.3) is 0 Å². The van der Waals surface area contributed by atoms with E-state index in [2.05, 4.69) is 5.32 Å². The third-order valence-corrected chi connectivity index (χ3v) is 6.22. The first-order valence-corrected chi connectivity index (χ1v) is 10.2. The maximum Gasteiger partial charge on any atom is 0.326 e.